The molecule has 0 N–H and O–H groups in total. The first kappa shape index (κ1) is 10.5. The number of rotatable bonds is 3. The first-order valence-electron chi connectivity index (χ1n) is 3.42. The molecule has 0 amide bonds. The summed E-state index contributed by atoms with van der Waals surface area (Å²) in [6.07, 6.45) is 0.0670. The van der Waals surface area contributed by atoms with Crippen LogP contribution in [0.15, 0.2) is 0 Å². The van der Waals surface area contributed by atoms with Gasteiger partial charge in [-0.25, -0.2) is 0 Å². The number of hydrogen-bond donors (Lipinski definition) is 0. The Kier molecular flexibility index (Phi) is 4.00. The summed E-state index contributed by atoms with van der Waals surface area (Å²) in [5.74, 6) is 0.109. The topological polar surface area (TPSA) is 9.23 Å². The van der Waals surface area contributed by atoms with Crippen LogP contribution >= 0.6 is 23.2 Å². The fraction of sp³-hybridized carbons (Fsp3) is 1.00. The molecule has 0 aliphatic heterocycles. The van der Waals surface area contributed by atoms with Crippen molar-refractivity contribution in [3.8, 4) is 0 Å². The minimum Gasteiger partial charge on any atom is -0.344 e. The Bertz CT molecular complexity index is 99.8. The van der Waals surface area contributed by atoms with Crippen molar-refractivity contribution in [2.24, 2.45) is 5.92 Å². The van der Waals surface area contributed by atoms with E-state index in [4.69, 9.17) is 27.9 Å². The molecule has 0 saturated carbocycles. The van der Waals surface area contributed by atoms with E-state index in [0.29, 0.717) is 0 Å². The smallest absolute Gasteiger partial charge is 0.219 e. The van der Waals surface area contributed by atoms with Gasteiger partial charge in [0.2, 0.25) is 4.52 Å². The van der Waals surface area contributed by atoms with Crippen LogP contribution in [0.5, 0.6) is 0 Å². The van der Waals surface area contributed by atoms with Crippen LogP contribution in [0.25, 0.3) is 0 Å². The van der Waals surface area contributed by atoms with Crippen molar-refractivity contribution < 1.29 is 4.74 Å². The second kappa shape index (κ2) is 3.80. The van der Waals surface area contributed by atoms with Crippen LogP contribution in [0.1, 0.15) is 27.7 Å². The van der Waals surface area contributed by atoms with Gasteiger partial charge in [0.1, 0.15) is 0 Å². The third-order valence-corrected chi connectivity index (χ3v) is 2.12. The maximum Gasteiger partial charge on any atom is 0.219 e. The lowest BCUT2D eigenvalue weighted by Crippen LogP contribution is -2.28. The quantitative estimate of drug-likeness (QED) is 0.613. The highest BCUT2D eigenvalue weighted by molar-refractivity contribution is 6.47. The molecule has 62 valence electrons. The van der Waals surface area contributed by atoms with Crippen molar-refractivity contribution in [2.45, 2.75) is 38.3 Å². The third kappa shape index (κ3) is 3.65. The first-order valence-corrected chi connectivity index (χ1v) is 4.17. The molecule has 0 aromatic heterocycles. The van der Waals surface area contributed by atoms with E-state index in [1.54, 1.807) is 0 Å². The van der Waals surface area contributed by atoms with Crippen molar-refractivity contribution in [1.82, 2.24) is 0 Å². The van der Waals surface area contributed by atoms with Gasteiger partial charge in [-0.3, -0.25) is 0 Å². The predicted molar refractivity (Wildman–Crippen MR) is 45.5 cm³/mol. The van der Waals surface area contributed by atoms with Gasteiger partial charge in [-0.2, -0.15) is 0 Å². The monoisotopic (exact) mass is 184 g/mol. The minimum atomic E-state index is -1.03. The van der Waals surface area contributed by atoms with E-state index in [1.165, 1.54) is 0 Å². The van der Waals surface area contributed by atoms with Crippen LogP contribution < -0.4 is 0 Å². The van der Waals surface area contributed by atoms with Gasteiger partial charge >= 0.3 is 0 Å². The largest absolute Gasteiger partial charge is 0.344 e. The highest BCUT2D eigenvalue weighted by Gasteiger charge is 2.30. The van der Waals surface area contributed by atoms with Gasteiger partial charge in [-0.15, -0.1) is 0 Å². The summed E-state index contributed by atoms with van der Waals surface area (Å²) in [4.78, 5) is 0. The first-order chi connectivity index (χ1) is 4.36. The Balaban J connectivity index is 3.87. The molecule has 0 heterocycles. The summed E-state index contributed by atoms with van der Waals surface area (Å²) in [6.45, 7) is 7.65. The molecule has 0 aliphatic rings. The van der Waals surface area contributed by atoms with Crippen LogP contribution in [0.3, 0.4) is 0 Å². The van der Waals surface area contributed by atoms with E-state index >= 15 is 0 Å². The van der Waals surface area contributed by atoms with E-state index in [0.717, 1.165) is 0 Å². The van der Waals surface area contributed by atoms with Crippen molar-refractivity contribution in [3.63, 3.8) is 0 Å². The molecule has 0 unspecified atom stereocenters. The summed E-state index contributed by atoms with van der Waals surface area (Å²) in [6, 6.07) is 0. The molecule has 0 fully saturated rings. The van der Waals surface area contributed by atoms with E-state index in [1.807, 2.05) is 27.7 Å². The maximum absolute atomic E-state index is 5.81. The minimum absolute atomic E-state index is 0.0670. The lowest BCUT2D eigenvalue weighted by molar-refractivity contribution is 0.00359. The number of ether oxygens (including phenoxy) is 1. The fourth-order valence-corrected chi connectivity index (χ4v) is 0.807. The van der Waals surface area contributed by atoms with Gasteiger partial charge in [0, 0.05) is 5.92 Å². The zero-order chi connectivity index (χ0) is 8.36. The molecule has 0 aromatic carbocycles. The average molecular weight is 185 g/mol. The van der Waals surface area contributed by atoms with E-state index in [-0.39, 0.29) is 12.0 Å². The van der Waals surface area contributed by atoms with Crippen molar-refractivity contribution >= 4 is 23.2 Å². The molecular weight excluding hydrogens is 171 g/mol. The van der Waals surface area contributed by atoms with Crippen LogP contribution in [0, 0.1) is 5.92 Å². The lowest BCUT2D eigenvalue weighted by atomic mass is 10.2. The van der Waals surface area contributed by atoms with Gasteiger partial charge in [0.15, 0.2) is 0 Å². The predicted octanol–water partition coefficient (Wildman–Crippen LogP) is 3.20. The summed E-state index contributed by atoms with van der Waals surface area (Å²) in [5.41, 5.74) is 0. The molecule has 0 saturated heterocycles. The molecule has 1 nitrogen and oxygen atoms in total. The van der Waals surface area contributed by atoms with Crippen LogP contribution in [0.2, 0.25) is 0 Å². The summed E-state index contributed by atoms with van der Waals surface area (Å²) in [5, 5.41) is 0. The molecule has 0 spiro atoms. The summed E-state index contributed by atoms with van der Waals surface area (Å²) < 4.78 is 4.20. The van der Waals surface area contributed by atoms with Crippen LogP contribution in [0.4, 0.5) is 0 Å². The summed E-state index contributed by atoms with van der Waals surface area (Å²) >= 11 is 11.6. The number of halogens is 2. The molecule has 0 aliphatic carbocycles. The Morgan fingerprint density at radius 1 is 1.10 bits per heavy atom. The third-order valence-electron chi connectivity index (χ3n) is 1.06. The Hall–Kier alpha value is 0.540. The number of alkyl halides is 2. The molecular formula is C7H14Cl2O. The molecule has 0 rings (SSSR count). The highest BCUT2D eigenvalue weighted by atomic mass is 35.5. The normalized spacial score (nSPS) is 13.2. The van der Waals surface area contributed by atoms with E-state index in [9.17, 15) is 0 Å². The molecule has 3 heteroatoms. The maximum atomic E-state index is 5.81. The second-order valence-corrected chi connectivity index (χ2v) is 4.20. The van der Waals surface area contributed by atoms with Gasteiger partial charge in [-0.05, 0) is 13.8 Å². The lowest BCUT2D eigenvalue weighted by Gasteiger charge is -2.26. The van der Waals surface area contributed by atoms with Crippen molar-refractivity contribution in [3.05, 3.63) is 0 Å². The highest BCUT2D eigenvalue weighted by Crippen LogP contribution is 2.32. The average Bonchev–Trinajstić information content (AvgIpc) is 1.60. The molecule has 0 bridgehead atoms. The summed E-state index contributed by atoms with van der Waals surface area (Å²) in [7, 11) is 0. The Morgan fingerprint density at radius 2 is 1.50 bits per heavy atom. The molecule has 0 atom stereocenters. The van der Waals surface area contributed by atoms with Crippen LogP contribution in [-0.4, -0.2) is 10.6 Å². The van der Waals surface area contributed by atoms with Gasteiger partial charge in [0.25, 0.3) is 0 Å². The molecule has 0 aromatic rings. The Labute approximate surface area is 72.6 Å². The standard InChI is InChI=1S/C7H14Cl2O/c1-5(2)7(8,9)10-6(3)4/h5-6H,1-4H3. The zero-order valence-electron chi connectivity index (χ0n) is 6.82. The number of hydrogen-bond acceptors (Lipinski definition) is 1. The Morgan fingerprint density at radius 3 is 1.60 bits per heavy atom. The SMILES string of the molecule is CC(C)OC(Cl)(Cl)C(C)C. The van der Waals surface area contributed by atoms with Crippen LogP contribution in [-0.2, 0) is 4.74 Å². The van der Waals surface area contributed by atoms with Crippen molar-refractivity contribution in [1.29, 1.82) is 0 Å². The van der Waals surface area contributed by atoms with Crippen molar-refractivity contribution in [2.75, 3.05) is 0 Å². The fourth-order valence-electron chi connectivity index (χ4n) is 0.450. The van der Waals surface area contributed by atoms with Gasteiger partial charge < -0.3 is 4.74 Å². The second-order valence-electron chi connectivity index (χ2n) is 2.88. The van der Waals surface area contributed by atoms with Gasteiger partial charge in [-0.1, -0.05) is 37.0 Å². The van der Waals surface area contributed by atoms with E-state index in [2.05, 4.69) is 0 Å². The zero-order valence-corrected chi connectivity index (χ0v) is 8.33. The molecule has 10 heavy (non-hydrogen) atoms. The van der Waals surface area contributed by atoms with Gasteiger partial charge in [0.05, 0.1) is 6.10 Å². The molecule has 0 radical (unpaired) electrons. The van der Waals surface area contributed by atoms with E-state index < -0.39 is 4.52 Å².